The highest BCUT2D eigenvalue weighted by Crippen LogP contribution is 2.35. The van der Waals surface area contributed by atoms with Crippen molar-refractivity contribution in [2.45, 2.75) is 19.8 Å². The van der Waals surface area contributed by atoms with Crippen molar-refractivity contribution < 1.29 is 14.3 Å². The van der Waals surface area contributed by atoms with Gasteiger partial charge in [0.1, 0.15) is 5.75 Å². The van der Waals surface area contributed by atoms with E-state index in [1.165, 1.54) is 0 Å². The molecule has 0 atom stereocenters. The fraction of sp³-hybridized carbons (Fsp3) is 0.364. The van der Waals surface area contributed by atoms with Crippen molar-refractivity contribution in [1.29, 1.82) is 0 Å². The van der Waals surface area contributed by atoms with E-state index in [9.17, 15) is 9.59 Å². The molecule has 2 aromatic rings. The summed E-state index contributed by atoms with van der Waals surface area (Å²) in [4.78, 5) is 26.9. The van der Waals surface area contributed by atoms with Crippen LogP contribution in [0.5, 0.6) is 5.75 Å². The Hall–Kier alpha value is -2.19. The molecule has 0 aromatic heterocycles. The van der Waals surface area contributed by atoms with E-state index in [1.54, 1.807) is 23.2 Å². The molecule has 0 unspecified atom stereocenters. The van der Waals surface area contributed by atoms with Crippen molar-refractivity contribution in [2.24, 2.45) is 0 Å². The van der Waals surface area contributed by atoms with Gasteiger partial charge in [-0.25, -0.2) is 10.0 Å². The Labute approximate surface area is 203 Å². The first-order chi connectivity index (χ1) is 15.0. The number of amides is 2. The lowest BCUT2D eigenvalue weighted by molar-refractivity contribution is -0.122. The first-order valence-electron chi connectivity index (χ1n) is 10.3. The molecule has 7 nitrogen and oxygen atoms in total. The van der Waals surface area contributed by atoms with E-state index in [0.717, 1.165) is 12.1 Å². The molecule has 2 aliphatic rings. The molecule has 10 heteroatoms. The molecule has 4 rings (SSSR count). The summed E-state index contributed by atoms with van der Waals surface area (Å²) in [6.07, 6.45) is 1.18. The zero-order valence-electron chi connectivity index (χ0n) is 17.6. The monoisotopic (exact) mass is 498 g/mol. The number of rotatable bonds is 5. The summed E-state index contributed by atoms with van der Waals surface area (Å²) >= 11 is 12.6. The smallest absolute Gasteiger partial charge is 0.262 e. The van der Waals surface area contributed by atoms with E-state index in [-0.39, 0.29) is 30.8 Å². The van der Waals surface area contributed by atoms with Gasteiger partial charge in [-0.2, -0.15) is 0 Å². The van der Waals surface area contributed by atoms with Gasteiger partial charge in [-0.15, -0.1) is 12.4 Å². The van der Waals surface area contributed by atoms with Crippen LogP contribution in [0.1, 0.15) is 19.8 Å². The van der Waals surface area contributed by atoms with Gasteiger partial charge in [0.2, 0.25) is 5.91 Å². The fourth-order valence-electron chi connectivity index (χ4n) is 3.86. The van der Waals surface area contributed by atoms with Gasteiger partial charge in [0, 0.05) is 32.6 Å². The maximum atomic E-state index is 13.0. The molecule has 2 heterocycles. The number of nitrogens with zero attached hydrogens (tertiary/aromatic N) is 3. The van der Waals surface area contributed by atoms with Crippen LogP contribution in [-0.2, 0) is 9.59 Å². The fourth-order valence-corrected chi connectivity index (χ4v) is 4.28. The number of ether oxygens (including phenoxy) is 1. The van der Waals surface area contributed by atoms with Gasteiger partial charge in [-0.3, -0.25) is 9.59 Å². The SMILES string of the molecule is CCCC(=O)N(c1ccc2c(c1)NC(=O)CO2)N1CCN(c2cccc(Cl)c2Cl)CC1.Cl. The molecule has 32 heavy (non-hydrogen) atoms. The van der Waals surface area contributed by atoms with Gasteiger partial charge in [-0.05, 0) is 36.8 Å². The summed E-state index contributed by atoms with van der Waals surface area (Å²) < 4.78 is 5.45. The van der Waals surface area contributed by atoms with E-state index in [1.807, 2.05) is 30.1 Å². The van der Waals surface area contributed by atoms with Gasteiger partial charge in [0.05, 0.1) is 27.1 Å². The minimum atomic E-state index is -0.205. The molecular weight excluding hydrogens is 475 g/mol. The van der Waals surface area contributed by atoms with Gasteiger partial charge < -0.3 is 15.0 Å². The summed E-state index contributed by atoms with van der Waals surface area (Å²) in [5.74, 6) is 0.412. The maximum absolute atomic E-state index is 13.0. The van der Waals surface area contributed by atoms with E-state index >= 15 is 0 Å². The third-order valence-corrected chi connectivity index (χ3v) is 6.16. The van der Waals surface area contributed by atoms with Crippen LogP contribution in [-0.4, -0.2) is 49.6 Å². The normalized spacial score (nSPS) is 15.8. The minimum absolute atomic E-state index is 0. The van der Waals surface area contributed by atoms with E-state index in [4.69, 9.17) is 27.9 Å². The van der Waals surface area contributed by atoms with Crippen LogP contribution < -0.4 is 20.0 Å². The molecule has 1 saturated heterocycles. The number of hydrazine groups is 1. The van der Waals surface area contributed by atoms with Gasteiger partial charge in [0.25, 0.3) is 5.91 Å². The van der Waals surface area contributed by atoms with Crippen molar-refractivity contribution >= 4 is 64.5 Å². The molecule has 2 aliphatic heterocycles. The Morgan fingerprint density at radius 3 is 2.62 bits per heavy atom. The van der Waals surface area contributed by atoms with E-state index in [0.29, 0.717) is 59.8 Å². The van der Waals surface area contributed by atoms with Gasteiger partial charge >= 0.3 is 0 Å². The summed E-state index contributed by atoms with van der Waals surface area (Å²) in [7, 11) is 0. The average molecular weight is 500 g/mol. The van der Waals surface area contributed by atoms with Crippen molar-refractivity contribution in [3.05, 3.63) is 46.4 Å². The molecule has 1 fully saturated rings. The lowest BCUT2D eigenvalue weighted by atomic mass is 10.2. The summed E-state index contributed by atoms with van der Waals surface area (Å²) in [5, 5.41) is 7.65. The van der Waals surface area contributed by atoms with Crippen molar-refractivity contribution in [2.75, 3.05) is 48.0 Å². The number of carbonyl (C=O) groups excluding carboxylic acids is 2. The number of anilines is 3. The number of carbonyl (C=O) groups is 2. The molecular formula is C22H25Cl3N4O3. The highest BCUT2D eigenvalue weighted by Gasteiger charge is 2.29. The number of piperazine rings is 1. The van der Waals surface area contributed by atoms with Crippen LogP contribution in [0, 0.1) is 0 Å². The second-order valence-electron chi connectivity index (χ2n) is 7.49. The second-order valence-corrected chi connectivity index (χ2v) is 8.27. The maximum Gasteiger partial charge on any atom is 0.262 e. The highest BCUT2D eigenvalue weighted by atomic mass is 35.5. The summed E-state index contributed by atoms with van der Waals surface area (Å²) in [6, 6.07) is 11.0. The highest BCUT2D eigenvalue weighted by molar-refractivity contribution is 6.43. The Balaban J connectivity index is 0.00000289. The number of halogens is 3. The number of nitrogens with one attached hydrogen (secondary N) is 1. The zero-order valence-corrected chi connectivity index (χ0v) is 20.0. The molecule has 0 bridgehead atoms. The van der Waals surface area contributed by atoms with Crippen molar-refractivity contribution in [3.63, 3.8) is 0 Å². The van der Waals surface area contributed by atoms with Crippen LogP contribution in [0.3, 0.4) is 0 Å². The standard InChI is InChI=1S/C22H24Cl2N4O3.ClH/c1-2-4-21(30)28(15-7-8-19-17(13-15)25-20(29)14-31-19)27-11-9-26(10-12-27)18-6-3-5-16(23)22(18)24;/h3,5-8,13H,2,4,9-12,14H2,1H3,(H,25,29);1H. The molecule has 0 saturated carbocycles. The Morgan fingerprint density at radius 1 is 1.16 bits per heavy atom. The van der Waals surface area contributed by atoms with Gasteiger partial charge in [0.15, 0.2) is 6.61 Å². The van der Waals surface area contributed by atoms with E-state index in [2.05, 4.69) is 10.2 Å². The third kappa shape index (κ3) is 5.07. The molecule has 2 amide bonds. The largest absolute Gasteiger partial charge is 0.482 e. The molecule has 0 spiro atoms. The number of hydrogen-bond acceptors (Lipinski definition) is 5. The van der Waals surface area contributed by atoms with Gasteiger partial charge in [-0.1, -0.05) is 36.2 Å². The van der Waals surface area contributed by atoms with Crippen LogP contribution in [0.15, 0.2) is 36.4 Å². The first-order valence-corrected chi connectivity index (χ1v) is 11.1. The summed E-state index contributed by atoms with van der Waals surface area (Å²) in [5.41, 5.74) is 2.18. The topological polar surface area (TPSA) is 65.1 Å². The molecule has 0 aliphatic carbocycles. The lowest BCUT2D eigenvalue weighted by Crippen LogP contribution is -2.56. The van der Waals surface area contributed by atoms with Crippen LogP contribution >= 0.6 is 35.6 Å². The van der Waals surface area contributed by atoms with Crippen LogP contribution in [0.2, 0.25) is 10.0 Å². The molecule has 172 valence electrons. The Morgan fingerprint density at radius 2 is 1.91 bits per heavy atom. The Kier molecular flexibility index (Phi) is 8.11. The lowest BCUT2D eigenvalue weighted by Gasteiger charge is -2.42. The predicted octanol–water partition coefficient (Wildman–Crippen LogP) is 4.62. The third-order valence-electron chi connectivity index (χ3n) is 5.35. The summed E-state index contributed by atoms with van der Waals surface area (Å²) in [6.45, 7) is 4.65. The quantitative estimate of drug-likeness (QED) is 0.650. The Bertz CT molecular complexity index is 996. The number of fused-ring (bicyclic) bond motifs is 1. The second kappa shape index (κ2) is 10.6. The molecule has 0 radical (unpaired) electrons. The van der Waals surface area contributed by atoms with Crippen molar-refractivity contribution in [1.82, 2.24) is 5.01 Å². The molecule has 1 N–H and O–H groups in total. The van der Waals surface area contributed by atoms with Crippen LogP contribution in [0.25, 0.3) is 0 Å². The number of benzene rings is 2. The van der Waals surface area contributed by atoms with Crippen LogP contribution in [0.4, 0.5) is 17.1 Å². The molecule has 2 aromatic carbocycles. The number of hydrogen-bond donors (Lipinski definition) is 1. The minimum Gasteiger partial charge on any atom is -0.482 e. The first kappa shape index (κ1) is 24.5. The van der Waals surface area contributed by atoms with E-state index < -0.39 is 0 Å². The average Bonchev–Trinajstić information content (AvgIpc) is 2.76. The zero-order chi connectivity index (χ0) is 22.0. The van der Waals surface area contributed by atoms with Crippen molar-refractivity contribution in [3.8, 4) is 5.75 Å². The predicted molar refractivity (Wildman–Crippen MR) is 130 cm³/mol.